The number of carbonyl (C=O) groups is 3. The highest BCUT2D eigenvalue weighted by Crippen LogP contribution is 2.29. The average Bonchev–Trinajstić information content (AvgIpc) is 3.23. The van der Waals surface area contributed by atoms with Crippen LogP contribution in [0.25, 0.3) is 0 Å². The van der Waals surface area contributed by atoms with Crippen LogP contribution in [0.2, 0.25) is 5.02 Å². The maximum Gasteiger partial charge on any atom is 0.254 e. The van der Waals surface area contributed by atoms with Crippen molar-refractivity contribution < 1.29 is 19.1 Å². The van der Waals surface area contributed by atoms with Crippen molar-refractivity contribution in [3.8, 4) is 5.75 Å². The van der Waals surface area contributed by atoms with Crippen LogP contribution in [-0.2, 0) is 17.8 Å². The molecule has 1 aliphatic rings. The van der Waals surface area contributed by atoms with E-state index in [1.165, 1.54) is 24.5 Å². The van der Waals surface area contributed by atoms with Gasteiger partial charge in [-0.1, -0.05) is 41.1 Å². The van der Waals surface area contributed by atoms with Gasteiger partial charge in [0.05, 0.1) is 24.9 Å². The number of hydrogen-bond donors (Lipinski definition) is 1. The van der Waals surface area contributed by atoms with Gasteiger partial charge in [0, 0.05) is 41.3 Å². The van der Waals surface area contributed by atoms with Crippen LogP contribution in [0.5, 0.6) is 5.75 Å². The maximum absolute atomic E-state index is 12.7. The molecule has 1 aromatic heterocycles. The topological polar surface area (TPSA) is 88.6 Å². The van der Waals surface area contributed by atoms with E-state index in [0.29, 0.717) is 46.5 Å². The Morgan fingerprint density at radius 1 is 1.15 bits per heavy atom. The standard InChI is InChI=1S/C24H22ClN3O4S/c1-32-20-9-7-16(25)13-17(20)19(29)8-10-22(30)27-24-26-18-11-12-28(14-21(18)33-24)23(31)15-5-3-2-4-6-15/h2-7,9,13H,8,10-12,14H2,1H3,(H,26,27,30). The molecule has 7 nitrogen and oxygen atoms in total. The molecule has 0 bridgehead atoms. The van der Waals surface area contributed by atoms with Crippen LogP contribution < -0.4 is 10.1 Å². The quantitative estimate of drug-likeness (QED) is 0.496. The van der Waals surface area contributed by atoms with Crippen molar-refractivity contribution in [3.05, 3.63) is 75.3 Å². The zero-order valence-corrected chi connectivity index (χ0v) is 19.5. The Morgan fingerprint density at radius 2 is 1.94 bits per heavy atom. The third kappa shape index (κ3) is 5.40. The van der Waals surface area contributed by atoms with Crippen molar-refractivity contribution in [2.45, 2.75) is 25.8 Å². The molecule has 9 heteroatoms. The minimum absolute atomic E-state index is 0.0113. The van der Waals surface area contributed by atoms with Crippen molar-refractivity contribution >= 4 is 45.7 Å². The molecule has 33 heavy (non-hydrogen) atoms. The van der Waals surface area contributed by atoms with E-state index in [9.17, 15) is 14.4 Å². The van der Waals surface area contributed by atoms with E-state index >= 15 is 0 Å². The molecular formula is C24H22ClN3O4S. The first-order valence-corrected chi connectivity index (χ1v) is 11.6. The Bertz CT molecular complexity index is 1200. The first-order valence-electron chi connectivity index (χ1n) is 10.4. The first kappa shape index (κ1) is 22.9. The zero-order valence-electron chi connectivity index (χ0n) is 18.0. The number of fused-ring (bicyclic) bond motifs is 1. The van der Waals surface area contributed by atoms with E-state index in [1.807, 2.05) is 18.2 Å². The van der Waals surface area contributed by atoms with Gasteiger partial charge < -0.3 is 15.0 Å². The van der Waals surface area contributed by atoms with E-state index in [0.717, 1.165) is 10.6 Å². The number of aromatic nitrogens is 1. The van der Waals surface area contributed by atoms with Crippen molar-refractivity contribution in [2.75, 3.05) is 19.0 Å². The number of hydrogen-bond acceptors (Lipinski definition) is 6. The summed E-state index contributed by atoms with van der Waals surface area (Å²) in [6, 6.07) is 14.0. The SMILES string of the molecule is COc1ccc(Cl)cc1C(=O)CCC(=O)Nc1nc2c(s1)CN(C(=O)c1ccccc1)CC2. The summed E-state index contributed by atoms with van der Waals surface area (Å²) in [6.45, 7) is 1.04. The lowest BCUT2D eigenvalue weighted by Crippen LogP contribution is -2.35. The van der Waals surface area contributed by atoms with E-state index in [4.69, 9.17) is 16.3 Å². The zero-order chi connectivity index (χ0) is 23.4. The molecule has 1 aliphatic heterocycles. The largest absolute Gasteiger partial charge is 0.496 e. The molecule has 0 saturated carbocycles. The predicted octanol–water partition coefficient (Wildman–Crippen LogP) is 4.61. The van der Waals surface area contributed by atoms with Crippen LogP contribution in [0.3, 0.4) is 0 Å². The Labute approximate surface area is 200 Å². The van der Waals surface area contributed by atoms with Crippen LogP contribution in [0.1, 0.15) is 44.1 Å². The number of halogens is 1. The number of carbonyl (C=O) groups excluding carboxylic acids is 3. The summed E-state index contributed by atoms with van der Waals surface area (Å²) >= 11 is 7.34. The minimum Gasteiger partial charge on any atom is -0.496 e. The fourth-order valence-corrected chi connectivity index (χ4v) is 4.84. The molecule has 0 spiro atoms. The number of methoxy groups -OCH3 is 1. The summed E-state index contributed by atoms with van der Waals surface area (Å²) in [7, 11) is 1.48. The predicted molar refractivity (Wildman–Crippen MR) is 127 cm³/mol. The summed E-state index contributed by atoms with van der Waals surface area (Å²) in [5, 5.41) is 3.68. The molecule has 0 fully saturated rings. The normalized spacial score (nSPS) is 12.7. The molecule has 3 aromatic rings. The molecule has 0 atom stereocenters. The molecule has 0 aliphatic carbocycles. The van der Waals surface area contributed by atoms with E-state index < -0.39 is 0 Å². The van der Waals surface area contributed by atoms with E-state index in [1.54, 1.807) is 29.2 Å². The van der Waals surface area contributed by atoms with Gasteiger partial charge in [0.15, 0.2) is 10.9 Å². The molecule has 4 rings (SSSR count). The van der Waals surface area contributed by atoms with Crippen molar-refractivity contribution in [1.82, 2.24) is 9.88 Å². The van der Waals surface area contributed by atoms with Gasteiger partial charge in [0.25, 0.3) is 5.91 Å². The number of amides is 2. The molecule has 170 valence electrons. The van der Waals surface area contributed by atoms with Crippen molar-refractivity contribution in [3.63, 3.8) is 0 Å². The van der Waals surface area contributed by atoms with Crippen LogP contribution in [0.4, 0.5) is 5.13 Å². The monoisotopic (exact) mass is 483 g/mol. The Kier molecular flexibility index (Phi) is 7.05. The molecule has 2 heterocycles. The van der Waals surface area contributed by atoms with Gasteiger partial charge in [0.2, 0.25) is 5.91 Å². The van der Waals surface area contributed by atoms with Crippen LogP contribution >= 0.6 is 22.9 Å². The number of benzene rings is 2. The van der Waals surface area contributed by atoms with Gasteiger partial charge >= 0.3 is 0 Å². The lowest BCUT2D eigenvalue weighted by molar-refractivity contribution is -0.116. The fraction of sp³-hybridized carbons (Fsp3) is 0.250. The second-order valence-electron chi connectivity index (χ2n) is 7.55. The lowest BCUT2D eigenvalue weighted by Gasteiger charge is -2.26. The third-order valence-electron chi connectivity index (χ3n) is 5.33. The Morgan fingerprint density at radius 3 is 2.70 bits per heavy atom. The van der Waals surface area contributed by atoms with Gasteiger partial charge in [-0.25, -0.2) is 4.98 Å². The number of nitrogens with one attached hydrogen (secondary N) is 1. The van der Waals surface area contributed by atoms with Crippen LogP contribution in [0.15, 0.2) is 48.5 Å². The lowest BCUT2D eigenvalue weighted by atomic mass is 10.1. The van der Waals surface area contributed by atoms with Crippen LogP contribution in [-0.4, -0.2) is 41.1 Å². The molecule has 2 aromatic carbocycles. The second-order valence-corrected chi connectivity index (χ2v) is 9.07. The summed E-state index contributed by atoms with van der Waals surface area (Å²) in [5.74, 6) is -0.118. The Hall–Kier alpha value is -3.23. The summed E-state index contributed by atoms with van der Waals surface area (Å²) in [4.78, 5) is 44.9. The molecule has 0 radical (unpaired) electrons. The first-order chi connectivity index (χ1) is 15.9. The van der Waals surface area contributed by atoms with E-state index in [-0.39, 0.29) is 30.4 Å². The smallest absolute Gasteiger partial charge is 0.254 e. The van der Waals surface area contributed by atoms with Crippen LogP contribution in [0, 0.1) is 0 Å². The van der Waals surface area contributed by atoms with Gasteiger partial charge in [0.1, 0.15) is 5.75 Å². The highest BCUT2D eigenvalue weighted by molar-refractivity contribution is 7.15. The molecular weight excluding hydrogens is 462 g/mol. The summed E-state index contributed by atoms with van der Waals surface area (Å²) in [5.41, 5.74) is 1.90. The van der Waals surface area contributed by atoms with Gasteiger partial charge in [-0.3, -0.25) is 14.4 Å². The van der Waals surface area contributed by atoms with Crippen molar-refractivity contribution in [2.24, 2.45) is 0 Å². The Balaban J connectivity index is 1.34. The van der Waals surface area contributed by atoms with E-state index in [2.05, 4.69) is 10.3 Å². The molecule has 0 saturated heterocycles. The average molecular weight is 484 g/mol. The highest BCUT2D eigenvalue weighted by Gasteiger charge is 2.25. The number of ketones is 1. The van der Waals surface area contributed by atoms with Crippen molar-refractivity contribution in [1.29, 1.82) is 0 Å². The number of Topliss-reactive ketones (excluding diaryl/α,β-unsaturated/α-hetero) is 1. The number of anilines is 1. The van der Waals surface area contributed by atoms with Gasteiger partial charge in [-0.2, -0.15) is 0 Å². The fourth-order valence-electron chi connectivity index (χ4n) is 3.63. The number of nitrogens with zero attached hydrogens (tertiary/aromatic N) is 2. The number of thiazole rings is 1. The van der Waals surface area contributed by atoms with Gasteiger partial charge in [-0.05, 0) is 30.3 Å². The van der Waals surface area contributed by atoms with Gasteiger partial charge in [-0.15, -0.1) is 0 Å². The molecule has 2 amide bonds. The number of rotatable bonds is 7. The second kappa shape index (κ2) is 10.1. The summed E-state index contributed by atoms with van der Waals surface area (Å²) in [6.07, 6.45) is 0.664. The summed E-state index contributed by atoms with van der Waals surface area (Å²) < 4.78 is 5.21. The third-order valence-corrected chi connectivity index (χ3v) is 6.56. The minimum atomic E-state index is -0.298. The number of ether oxygens (including phenoxy) is 1. The molecule has 0 unspecified atom stereocenters. The molecule has 1 N–H and O–H groups in total. The highest BCUT2D eigenvalue weighted by atomic mass is 35.5. The maximum atomic E-state index is 12.7.